The van der Waals surface area contributed by atoms with Gasteiger partial charge in [0.2, 0.25) is 0 Å². The lowest BCUT2D eigenvalue weighted by Gasteiger charge is -2.04. The van der Waals surface area contributed by atoms with Crippen molar-refractivity contribution in [3.05, 3.63) is 24.0 Å². The van der Waals surface area contributed by atoms with Crippen molar-refractivity contribution in [2.75, 3.05) is 0 Å². The van der Waals surface area contributed by atoms with E-state index in [0.717, 1.165) is 5.56 Å². The predicted molar refractivity (Wildman–Crippen MR) is 47.8 cm³/mol. The summed E-state index contributed by atoms with van der Waals surface area (Å²) < 4.78 is 1.95. The summed E-state index contributed by atoms with van der Waals surface area (Å²) in [7, 11) is 1.95. The number of hydrogen-bond donors (Lipinski definition) is 1. The van der Waals surface area contributed by atoms with Gasteiger partial charge < -0.3 is 10.3 Å². The Labute approximate surface area is 72.2 Å². The van der Waals surface area contributed by atoms with E-state index in [0.29, 0.717) is 6.42 Å². The fourth-order valence-electron chi connectivity index (χ4n) is 1.08. The number of Topliss-reactive ketones (excluding diaryl/α,β-unsaturated/α-hetero) is 1. The van der Waals surface area contributed by atoms with Gasteiger partial charge >= 0.3 is 0 Å². The average Bonchev–Trinajstić information content (AvgIpc) is 2.35. The largest absolute Gasteiger partial charge is 0.357 e. The molecule has 3 nitrogen and oxygen atoms in total. The second-order valence-corrected chi connectivity index (χ2v) is 3.11. The van der Waals surface area contributed by atoms with Crippen LogP contribution in [0.2, 0.25) is 0 Å². The van der Waals surface area contributed by atoms with E-state index >= 15 is 0 Å². The van der Waals surface area contributed by atoms with E-state index in [2.05, 4.69) is 0 Å². The minimum atomic E-state index is -0.354. The first kappa shape index (κ1) is 9.00. The van der Waals surface area contributed by atoms with Crippen molar-refractivity contribution in [3.63, 3.8) is 0 Å². The summed E-state index contributed by atoms with van der Waals surface area (Å²) in [5.41, 5.74) is 6.71. The minimum absolute atomic E-state index is 0.0406. The number of aromatic nitrogens is 1. The molecule has 0 bridgehead atoms. The van der Waals surface area contributed by atoms with E-state index in [9.17, 15) is 4.79 Å². The molecule has 0 aromatic carbocycles. The fourth-order valence-corrected chi connectivity index (χ4v) is 1.08. The maximum Gasteiger partial charge on any atom is 0.146 e. The third-order valence-corrected chi connectivity index (χ3v) is 1.87. The number of nitrogens with zero attached hydrogens (tertiary/aromatic N) is 1. The molecular formula is C9H14N2O. The zero-order valence-corrected chi connectivity index (χ0v) is 7.45. The Morgan fingerprint density at radius 3 is 2.83 bits per heavy atom. The maximum absolute atomic E-state index is 10.8. The summed E-state index contributed by atoms with van der Waals surface area (Å²) in [4.78, 5) is 10.8. The topological polar surface area (TPSA) is 48.0 Å². The summed E-state index contributed by atoms with van der Waals surface area (Å²) in [6.45, 7) is 1.52. The molecule has 0 aliphatic carbocycles. The van der Waals surface area contributed by atoms with Gasteiger partial charge in [-0.05, 0) is 25.0 Å². The van der Waals surface area contributed by atoms with Gasteiger partial charge in [0.1, 0.15) is 5.78 Å². The second-order valence-electron chi connectivity index (χ2n) is 3.11. The van der Waals surface area contributed by atoms with Crippen molar-refractivity contribution in [1.82, 2.24) is 4.57 Å². The molecule has 0 amide bonds. The third-order valence-electron chi connectivity index (χ3n) is 1.87. The molecule has 1 heterocycles. The van der Waals surface area contributed by atoms with Gasteiger partial charge in [-0.25, -0.2) is 0 Å². The van der Waals surface area contributed by atoms with E-state index in [1.807, 2.05) is 30.1 Å². The molecule has 1 aromatic rings. The van der Waals surface area contributed by atoms with Gasteiger partial charge in [-0.3, -0.25) is 4.79 Å². The number of rotatable bonds is 3. The molecule has 1 atom stereocenters. The molecule has 0 aliphatic rings. The molecule has 0 saturated carbocycles. The van der Waals surface area contributed by atoms with Gasteiger partial charge in [0.15, 0.2) is 0 Å². The van der Waals surface area contributed by atoms with Crippen LogP contribution in [-0.2, 0) is 18.3 Å². The standard InChI is InChI=1S/C9H14N2O/c1-7(12)9(10)5-8-3-4-11(2)6-8/h3-4,6,9H,5,10H2,1-2H3. The fraction of sp³-hybridized carbons (Fsp3) is 0.444. The van der Waals surface area contributed by atoms with E-state index in [1.54, 1.807) is 0 Å². The third kappa shape index (κ3) is 2.20. The molecule has 0 aliphatic heterocycles. The highest BCUT2D eigenvalue weighted by Crippen LogP contribution is 2.02. The van der Waals surface area contributed by atoms with Gasteiger partial charge in [-0.15, -0.1) is 0 Å². The van der Waals surface area contributed by atoms with Crippen molar-refractivity contribution in [2.45, 2.75) is 19.4 Å². The summed E-state index contributed by atoms with van der Waals surface area (Å²) in [6, 6.07) is 1.62. The molecule has 0 spiro atoms. The molecule has 0 fully saturated rings. The van der Waals surface area contributed by atoms with E-state index in [1.165, 1.54) is 6.92 Å². The Balaban J connectivity index is 2.58. The van der Waals surface area contributed by atoms with Crippen LogP contribution < -0.4 is 5.73 Å². The van der Waals surface area contributed by atoms with Crippen LogP contribution in [0.5, 0.6) is 0 Å². The van der Waals surface area contributed by atoms with Crippen LogP contribution in [0.25, 0.3) is 0 Å². The van der Waals surface area contributed by atoms with Gasteiger partial charge in [0.25, 0.3) is 0 Å². The first-order valence-electron chi connectivity index (χ1n) is 3.96. The normalized spacial score (nSPS) is 12.9. The molecule has 66 valence electrons. The molecule has 1 aromatic heterocycles. The Morgan fingerprint density at radius 1 is 1.75 bits per heavy atom. The van der Waals surface area contributed by atoms with Crippen LogP contribution in [0.3, 0.4) is 0 Å². The summed E-state index contributed by atoms with van der Waals surface area (Å²) in [5.74, 6) is 0.0406. The highest BCUT2D eigenvalue weighted by molar-refractivity contribution is 5.81. The lowest BCUT2D eigenvalue weighted by Crippen LogP contribution is -2.30. The van der Waals surface area contributed by atoms with Crippen LogP contribution >= 0.6 is 0 Å². The average molecular weight is 166 g/mol. The van der Waals surface area contributed by atoms with Crippen molar-refractivity contribution in [3.8, 4) is 0 Å². The second kappa shape index (κ2) is 3.54. The number of aryl methyl sites for hydroxylation is 1. The summed E-state index contributed by atoms with van der Waals surface area (Å²) >= 11 is 0. The smallest absolute Gasteiger partial charge is 0.146 e. The van der Waals surface area contributed by atoms with Gasteiger partial charge in [0, 0.05) is 19.4 Å². The minimum Gasteiger partial charge on any atom is -0.357 e. The Kier molecular flexibility index (Phi) is 2.65. The zero-order valence-electron chi connectivity index (χ0n) is 7.45. The summed E-state index contributed by atoms with van der Waals surface area (Å²) in [6.07, 6.45) is 4.56. The van der Waals surface area contributed by atoms with Crippen molar-refractivity contribution < 1.29 is 4.79 Å². The Bertz CT molecular complexity index is 278. The SMILES string of the molecule is CC(=O)C(N)Cc1ccn(C)c1. The van der Waals surface area contributed by atoms with Crippen molar-refractivity contribution in [1.29, 1.82) is 0 Å². The number of hydrogen-bond acceptors (Lipinski definition) is 2. The van der Waals surface area contributed by atoms with E-state index in [-0.39, 0.29) is 11.8 Å². The summed E-state index contributed by atoms with van der Waals surface area (Å²) in [5, 5.41) is 0. The Hall–Kier alpha value is -1.09. The number of nitrogens with two attached hydrogens (primary N) is 1. The maximum atomic E-state index is 10.8. The van der Waals surface area contributed by atoms with Gasteiger partial charge in [-0.1, -0.05) is 0 Å². The lowest BCUT2D eigenvalue weighted by atomic mass is 10.1. The zero-order chi connectivity index (χ0) is 9.14. The van der Waals surface area contributed by atoms with Gasteiger partial charge in [0.05, 0.1) is 6.04 Å². The van der Waals surface area contributed by atoms with Crippen LogP contribution in [0.4, 0.5) is 0 Å². The molecular weight excluding hydrogens is 152 g/mol. The van der Waals surface area contributed by atoms with E-state index in [4.69, 9.17) is 5.73 Å². The number of ketones is 1. The lowest BCUT2D eigenvalue weighted by molar-refractivity contribution is -0.118. The van der Waals surface area contributed by atoms with E-state index < -0.39 is 0 Å². The monoisotopic (exact) mass is 166 g/mol. The molecule has 1 unspecified atom stereocenters. The van der Waals surface area contributed by atoms with Crippen molar-refractivity contribution >= 4 is 5.78 Å². The predicted octanol–water partition coefficient (Wildman–Crippen LogP) is 0.484. The number of carbonyl (C=O) groups excluding carboxylic acids is 1. The van der Waals surface area contributed by atoms with Gasteiger partial charge in [-0.2, -0.15) is 0 Å². The highest BCUT2D eigenvalue weighted by Gasteiger charge is 2.08. The van der Waals surface area contributed by atoms with Crippen LogP contribution in [0.1, 0.15) is 12.5 Å². The molecule has 0 saturated heterocycles. The molecule has 2 N–H and O–H groups in total. The first-order valence-corrected chi connectivity index (χ1v) is 3.96. The highest BCUT2D eigenvalue weighted by atomic mass is 16.1. The molecule has 0 radical (unpaired) electrons. The number of carbonyl (C=O) groups is 1. The quantitative estimate of drug-likeness (QED) is 0.710. The van der Waals surface area contributed by atoms with Crippen LogP contribution in [-0.4, -0.2) is 16.4 Å². The molecule has 1 rings (SSSR count). The first-order chi connectivity index (χ1) is 5.59. The molecule has 3 heteroatoms. The van der Waals surface area contributed by atoms with Crippen LogP contribution in [0, 0.1) is 0 Å². The molecule has 12 heavy (non-hydrogen) atoms. The van der Waals surface area contributed by atoms with Crippen molar-refractivity contribution in [2.24, 2.45) is 12.8 Å². The Morgan fingerprint density at radius 2 is 2.42 bits per heavy atom. The van der Waals surface area contributed by atoms with Crippen LogP contribution in [0.15, 0.2) is 18.5 Å².